The number of hydrogen-bond acceptors (Lipinski definition) is 4. The molecule has 0 unspecified atom stereocenters. The highest BCUT2D eigenvalue weighted by Gasteiger charge is 2.10. The summed E-state index contributed by atoms with van der Waals surface area (Å²) in [6.45, 7) is 1.78. The van der Waals surface area contributed by atoms with Crippen molar-refractivity contribution in [3.8, 4) is 0 Å². The minimum atomic E-state index is -3.39. The molecule has 0 spiro atoms. The normalized spacial score (nSPS) is 11.6. The Morgan fingerprint density at radius 3 is 2.38 bits per heavy atom. The molecule has 0 saturated carbocycles. The highest BCUT2D eigenvalue weighted by atomic mass is 127. The van der Waals surface area contributed by atoms with E-state index in [0.29, 0.717) is 19.0 Å². The Bertz CT molecular complexity index is 1070. The monoisotopic (exact) mass is 568 g/mol. The predicted molar refractivity (Wildman–Crippen MR) is 138 cm³/mol. The van der Waals surface area contributed by atoms with Gasteiger partial charge in [-0.2, -0.15) is 5.10 Å². The summed E-state index contributed by atoms with van der Waals surface area (Å²) < 4.78 is 29.0. The highest BCUT2D eigenvalue weighted by molar-refractivity contribution is 14.0. The van der Waals surface area contributed by atoms with Gasteiger partial charge in [-0.1, -0.05) is 54.6 Å². The lowest BCUT2D eigenvalue weighted by molar-refractivity contribution is 0.580. The van der Waals surface area contributed by atoms with Gasteiger partial charge in [-0.3, -0.25) is 9.67 Å². The largest absolute Gasteiger partial charge is 0.355 e. The number of benzene rings is 2. The molecule has 3 rings (SSSR count). The lowest BCUT2D eigenvalue weighted by Crippen LogP contribution is -2.40. The van der Waals surface area contributed by atoms with Crippen LogP contribution in [0.3, 0.4) is 0 Å². The van der Waals surface area contributed by atoms with Crippen LogP contribution in [0.2, 0.25) is 0 Å². The Morgan fingerprint density at radius 1 is 0.969 bits per heavy atom. The first-order chi connectivity index (χ1) is 15.1. The third-order valence-electron chi connectivity index (χ3n) is 4.68. The molecule has 0 amide bonds. The number of sulfonamides is 1. The smallest absolute Gasteiger partial charge is 0.213 e. The predicted octanol–water partition coefficient (Wildman–Crippen LogP) is 2.33. The van der Waals surface area contributed by atoms with Gasteiger partial charge in [0.15, 0.2) is 5.96 Å². The maximum Gasteiger partial charge on any atom is 0.213 e. The number of halogens is 1. The standard InChI is InChI=1S/C22H28N6O2S.HI/c1-23-22(24-13-15-31(29,30)27-16-19-8-3-2-4-9-19)25-17-20-10-5-6-11-21(20)18-28-14-7-12-26-28;/h2-12,14,27H,13,15-18H2,1H3,(H2,23,24,25);1H. The zero-order valence-electron chi connectivity index (χ0n) is 17.9. The van der Waals surface area contributed by atoms with Gasteiger partial charge in [0.2, 0.25) is 10.0 Å². The van der Waals surface area contributed by atoms with Crippen LogP contribution >= 0.6 is 24.0 Å². The summed E-state index contributed by atoms with van der Waals surface area (Å²) in [4.78, 5) is 4.18. The van der Waals surface area contributed by atoms with Gasteiger partial charge in [-0.05, 0) is 22.8 Å². The Kier molecular flexibility index (Phi) is 10.6. The lowest BCUT2D eigenvalue weighted by Gasteiger charge is -2.14. The molecule has 0 radical (unpaired) electrons. The second-order valence-electron chi connectivity index (χ2n) is 6.95. The number of aromatic nitrogens is 2. The molecule has 0 aliphatic rings. The quantitative estimate of drug-likeness (QED) is 0.198. The number of rotatable bonds is 10. The van der Waals surface area contributed by atoms with Gasteiger partial charge in [0.1, 0.15) is 0 Å². The Hall–Kier alpha value is -2.44. The topological polar surface area (TPSA) is 100 Å². The molecule has 1 heterocycles. The van der Waals surface area contributed by atoms with E-state index >= 15 is 0 Å². The van der Waals surface area contributed by atoms with E-state index in [1.807, 2.05) is 59.4 Å². The van der Waals surface area contributed by atoms with Crippen molar-refractivity contribution in [1.29, 1.82) is 0 Å². The molecule has 172 valence electrons. The molecule has 0 saturated heterocycles. The maximum absolute atomic E-state index is 12.2. The van der Waals surface area contributed by atoms with Crippen molar-refractivity contribution in [1.82, 2.24) is 25.1 Å². The molecule has 2 aromatic carbocycles. The molecular formula is C22H29IN6O2S. The van der Waals surface area contributed by atoms with Crippen LogP contribution in [0.15, 0.2) is 78.0 Å². The van der Waals surface area contributed by atoms with Crippen LogP contribution in [0.25, 0.3) is 0 Å². The Morgan fingerprint density at radius 2 is 1.69 bits per heavy atom. The van der Waals surface area contributed by atoms with Gasteiger partial charge in [-0.15, -0.1) is 24.0 Å². The van der Waals surface area contributed by atoms with Crippen molar-refractivity contribution in [3.63, 3.8) is 0 Å². The molecule has 3 aromatic rings. The van der Waals surface area contributed by atoms with E-state index in [9.17, 15) is 8.42 Å². The van der Waals surface area contributed by atoms with Gasteiger partial charge in [0, 0.05) is 39.1 Å². The van der Waals surface area contributed by atoms with Crippen LogP contribution in [0.1, 0.15) is 16.7 Å². The first-order valence-electron chi connectivity index (χ1n) is 10.1. The molecule has 32 heavy (non-hydrogen) atoms. The van der Waals surface area contributed by atoms with Crippen LogP contribution in [-0.2, 0) is 29.7 Å². The first-order valence-corrected chi connectivity index (χ1v) is 11.7. The van der Waals surface area contributed by atoms with Crippen molar-refractivity contribution < 1.29 is 8.42 Å². The molecule has 10 heteroatoms. The average Bonchev–Trinajstić information content (AvgIpc) is 3.29. The fourth-order valence-corrected chi connectivity index (χ4v) is 3.92. The number of nitrogens with zero attached hydrogens (tertiary/aromatic N) is 3. The van der Waals surface area contributed by atoms with Crippen molar-refractivity contribution in [3.05, 3.63) is 89.7 Å². The van der Waals surface area contributed by atoms with E-state index < -0.39 is 10.0 Å². The van der Waals surface area contributed by atoms with Crippen LogP contribution in [0.5, 0.6) is 0 Å². The maximum atomic E-state index is 12.2. The number of nitrogens with one attached hydrogen (secondary N) is 3. The second-order valence-corrected chi connectivity index (χ2v) is 8.88. The zero-order valence-corrected chi connectivity index (χ0v) is 21.1. The highest BCUT2D eigenvalue weighted by Crippen LogP contribution is 2.10. The van der Waals surface area contributed by atoms with E-state index in [1.54, 1.807) is 13.2 Å². The van der Waals surface area contributed by atoms with Crippen molar-refractivity contribution in [2.75, 3.05) is 19.3 Å². The summed E-state index contributed by atoms with van der Waals surface area (Å²) in [6.07, 6.45) is 3.69. The van der Waals surface area contributed by atoms with Crippen LogP contribution in [0, 0.1) is 0 Å². The van der Waals surface area contributed by atoms with Gasteiger partial charge >= 0.3 is 0 Å². The molecular weight excluding hydrogens is 539 g/mol. The third-order valence-corrected chi connectivity index (χ3v) is 6.01. The molecule has 0 bridgehead atoms. The zero-order chi connectivity index (χ0) is 21.9. The molecule has 8 nitrogen and oxygen atoms in total. The van der Waals surface area contributed by atoms with Crippen LogP contribution < -0.4 is 15.4 Å². The summed E-state index contributed by atoms with van der Waals surface area (Å²) in [7, 11) is -1.73. The van der Waals surface area contributed by atoms with Crippen molar-refractivity contribution in [2.45, 2.75) is 19.6 Å². The van der Waals surface area contributed by atoms with Gasteiger partial charge in [0.25, 0.3) is 0 Å². The molecule has 3 N–H and O–H groups in total. The molecule has 0 atom stereocenters. The minimum Gasteiger partial charge on any atom is -0.355 e. The summed E-state index contributed by atoms with van der Waals surface area (Å²) >= 11 is 0. The number of guanidine groups is 1. The molecule has 0 aliphatic heterocycles. The molecule has 1 aromatic heterocycles. The fourth-order valence-electron chi connectivity index (χ4n) is 3.02. The summed E-state index contributed by atoms with van der Waals surface area (Å²) in [6, 6.07) is 19.5. The summed E-state index contributed by atoms with van der Waals surface area (Å²) in [5.41, 5.74) is 3.20. The van der Waals surface area contributed by atoms with Gasteiger partial charge in [0.05, 0.1) is 12.3 Å². The second kappa shape index (κ2) is 13.2. The van der Waals surface area contributed by atoms with Crippen molar-refractivity contribution >= 4 is 40.0 Å². The Balaban J connectivity index is 0.00000363. The SMILES string of the molecule is CN=C(NCCS(=O)(=O)NCc1ccccc1)NCc1ccccc1Cn1cccn1.I. The number of hydrogen-bond donors (Lipinski definition) is 3. The van der Waals surface area contributed by atoms with Crippen LogP contribution in [-0.4, -0.2) is 43.5 Å². The number of aliphatic imine (C=N–C) groups is 1. The van der Waals surface area contributed by atoms with E-state index in [0.717, 1.165) is 16.7 Å². The van der Waals surface area contributed by atoms with Gasteiger partial charge < -0.3 is 10.6 Å². The molecule has 0 fully saturated rings. The minimum absolute atomic E-state index is 0. The van der Waals surface area contributed by atoms with E-state index in [-0.39, 0.29) is 42.8 Å². The fraction of sp³-hybridized carbons (Fsp3) is 0.273. The Labute approximate surface area is 206 Å². The van der Waals surface area contributed by atoms with E-state index in [1.165, 1.54) is 0 Å². The lowest BCUT2D eigenvalue weighted by atomic mass is 10.1. The first kappa shape index (κ1) is 25.8. The summed E-state index contributed by atoms with van der Waals surface area (Å²) in [5.74, 6) is 0.503. The average molecular weight is 568 g/mol. The molecule has 0 aliphatic carbocycles. The van der Waals surface area contributed by atoms with E-state index in [4.69, 9.17) is 0 Å². The third kappa shape index (κ3) is 8.60. The van der Waals surface area contributed by atoms with Crippen molar-refractivity contribution in [2.24, 2.45) is 4.99 Å². The summed E-state index contributed by atoms with van der Waals surface area (Å²) in [5, 5.41) is 10.6. The van der Waals surface area contributed by atoms with Gasteiger partial charge in [-0.25, -0.2) is 13.1 Å². The van der Waals surface area contributed by atoms with E-state index in [2.05, 4.69) is 37.6 Å². The van der Waals surface area contributed by atoms with Crippen LogP contribution in [0.4, 0.5) is 0 Å².